The molecule has 128 valence electrons. The van der Waals surface area contributed by atoms with Crippen LogP contribution in [0.2, 0.25) is 0 Å². The molecule has 0 radical (unpaired) electrons. The van der Waals surface area contributed by atoms with E-state index in [-0.39, 0.29) is 0 Å². The Morgan fingerprint density at radius 1 is 1.17 bits per heavy atom. The molecule has 0 spiro atoms. The zero-order valence-electron chi connectivity index (χ0n) is 14.3. The molecule has 0 aliphatic carbocycles. The van der Waals surface area contributed by atoms with Gasteiger partial charge in [0.15, 0.2) is 0 Å². The SMILES string of the molecule is CC(C)CCNCCOc1ccc(-c2cncc(C(N)=O)c2)cc1. The van der Waals surface area contributed by atoms with Gasteiger partial charge in [-0.05, 0) is 42.6 Å². The molecule has 1 aromatic carbocycles. The summed E-state index contributed by atoms with van der Waals surface area (Å²) in [5.74, 6) is 1.06. The maximum Gasteiger partial charge on any atom is 0.250 e. The lowest BCUT2D eigenvalue weighted by molar-refractivity contribution is 0.1000. The Kier molecular flexibility index (Phi) is 6.75. The quantitative estimate of drug-likeness (QED) is 0.694. The van der Waals surface area contributed by atoms with Gasteiger partial charge in [0, 0.05) is 24.5 Å². The number of amides is 1. The van der Waals surface area contributed by atoms with Crippen LogP contribution in [-0.2, 0) is 0 Å². The molecule has 0 saturated heterocycles. The molecule has 1 amide bonds. The number of primary amides is 1. The van der Waals surface area contributed by atoms with Crippen LogP contribution in [0, 0.1) is 5.92 Å². The second-order valence-corrected chi connectivity index (χ2v) is 6.13. The Hall–Kier alpha value is -2.40. The van der Waals surface area contributed by atoms with E-state index in [2.05, 4.69) is 24.1 Å². The molecule has 0 saturated carbocycles. The van der Waals surface area contributed by atoms with Crippen molar-refractivity contribution in [2.24, 2.45) is 11.7 Å². The number of rotatable bonds is 9. The van der Waals surface area contributed by atoms with Gasteiger partial charge < -0.3 is 15.8 Å². The van der Waals surface area contributed by atoms with E-state index in [1.54, 1.807) is 12.3 Å². The van der Waals surface area contributed by atoms with Gasteiger partial charge in [-0.25, -0.2) is 0 Å². The third-order valence-corrected chi connectivity index (χ3v) is 3.66. The fourth-order valence-corrected chi connectivity index (χ4v) is 2.23. The second-order valence-electron chi connectivity index (χ2n) is 6.13. The molecule has 0 atom stereocenters. The first-order valence-corrected chi connectivity index (χ1v) is 8.25. The third-order valence-electron chi connectivity index (χ3n) is 3.66. The number of carbonyl (C=O) groups excluding carboxylic acids is 1. The first-order chi connectivity index (χ1) is 11.6. The minimum absolute atomic E-state index is 0.403. The highest BCUT2D eigenvalue weighted by Crippen LogP contribution is 2.22. The van der Waals surface area contributed by atoms with E-state index in [4.69, 9.17) is 10.5 Å². The molecule has 5 nitrogen and oxygen atoms in total. The Balaban J connectivity index is 1.85. The van der Waals surface area contributed by atoms with Gasteiger partial charge in [-0.15, -0.1) is 0 Å². The second kappa shape index (κ2) is 9.03. The molecule has 5 heteroatoms. The molecule has 2 aromatic rings. The van der Waals surface area contributed by atoms with E-state index in [0.717, 1.165) is 30.0 Å². The zero-order valence-corrected chi connectivity index (χ0v) is 14.3. The van der Waals surface area contributed by atoms with Crippen LogP contribution in [0.1, 0.15) is 30.6 Å². The average molecular weight is 327 g/mol. The van der Waals surface area contributed by atoms with E-state index in [1.807, 2.05) is 24.3 Å². The van der Waals surface area contributed by atoms with Crippen LogP contribution in [0.3, 0.4) is 0 Å². The van der Waals surface area contributed by atoms with Crippen LogP contribution in [0.4, 0.5) is 0 Å². The number of aromatic nitrogens is 1. The Morgan fingerprint density at radius 2 is 1.92 bits per heavy atom. The van der Waals surface area contributed by atoms with Crippen molar-refractivity contribution in [3.8, 4) is 16.9 Å². The van der Waals surface area contributed by atoms with E-state index in [9.17, 15) is 4.79 Å². The Labute approximate surface area is 143 Å². The van der Waals surface area contributed by atoms with Gasteiger partial charge in [0.2, 0.25) is 5.91 Å². The highest BCUT2D eigenvalue weighted by Gasteiger charge is 2.04. The molecule has 2 rings (SSSR count). The van der Waals surface area contributed by atoms with Crippen molar-refractivity contribution >= 4 is 5.91 Å². The molecule has 0 fully saturated rings. The van der Waals surface area contributed by atoms with E-state index in [1.165, 1.54) is 12.6 Å². The molecular weight excluding hydrogens is 302 g/mol. The monoisotopic (exact) mass is 327 g/mol. The highest BCUT2D eigenvalue weighted by atomic mass is 16.5. The lowest BCUT2D eigenvalue weighted by atomic mass is 10.1. The maximum atomic E-state index is 11.2. The van der Waals surface area contributed by atoms with Crippen LogP contribution in [-0.4, -0.2) is 30.6 Å². The van der Waals surface area contributed by atoms with Crippen molar-refractivity contribution in [1.82, 2.24) is 10.3 Å². The number of benzene rings is 1. The predicted octanol–water partition coefficient (Wildman–Crippen LogP) is 2.86. The van der Waals surface area contributed by atoms with Gasteiger partial charge in [-0.2, -0.15) is 0 Å². The van der Waals surface area contributed by atoms with Crippen molar-refractivity contribution in [2.45, 2.75) is 20.3 Å². The molecular formula is C19H25N3O2. The summed E-state index contributed by atoms with van der Waals surface area (Å²) < 4.78 is 5.71. The van der Waals surface area contributed by atoms with Crippen molar-refractivity contribution in [2.75, 3.05) is 19.7 Å². The summed E-state index contributed by atoms with van der Waals surface area (Å²) in [7, 11) is 0. The summed E-state index contributed by atoms with van der Waals surface area (Å²) in [6.07, 6.45) is 4.35. The molecule has 3 N–H and O–H groups in total. The minimum atomic E-state index is -0.478. The first kappa shape index (κ1) is 17.9. The zero-order chi connectivity index (χ0) is 17.4. The normalized spacial score (nSPS) is 10.8. The lowest BCUT2D eigenvalue weighted by Crippen LogP contribution is -2.22. The van der Waals surface area contributed by atoms with Crippen LogP contribution < -0.4 is 15.8 Å². The standard InChI is InChI=1S/C19H25N3O2/c1-14(2)7-8-21-9-10-24-18-5-3-15(4-6-18)16-11-17(19(20)23)13-22-12-16/h3-6,11-14,21H,7-10H2,1-2H3,(H2,20,23). The molecule has 1 aromatic heterocycles. The van der Waals surface area contributed by atoms with Crippen LogP contribution >= 0.6 is 0 Å². The lowest BCUT2D eigenvalue weighted by Gasteiger charge is -2.09. The van der Waals surface area contributed by atoms with Gasteiger partial charge in [0.1, 0.15) is 12.4 Å². The van der Waals surface area contributed by atoms with Crippen molar-refractivity contribution in [1.29, 1.82) is 0 Å². The Bertz CT molecular complexity index is 654. The predicted molar refractivity (Wildman–Crippen MR) is 96.0 cm³/mol. The summed E-state index contributed by atoms with van der Waals surface area (Å²) in [6, 6.07) is 9.47. The minimum Gasteiger partial charge on any atom is -0.492 e. The van der Waals surface area contributed by atoms with Crippen molar-refractivity contribution in [3.05, 3.63) is 48.3 Å². The number of hydrogen-bond acceptors (Lipinski definition) is 4. The summed E-state index contributed by atoms with van der Waals surface area (Å²) in [5, 5.41) is 3.36. The first-order valence-electron chi connectivity index (χ1n) is 8.25. The molecule has 0 aliphatic heterocycles. The topological polar surface area (TPSA) is 77.2 Å². The fourth-order valence-electron chi connectivity index (χ4n) is 2.23. The molecule has 24 heavy (non-hydrogen) atoms. The van der Waals surface area contributed by atoms with Gasteiger partial charge in [0.25, 0.3) is 0 Å². The molecule has 1 heterocycles. The van der Waals surface area contributed by atoms with Crippen LogP contribution in [0.15, 0.2) is 42.7 Å². The summed E-state index contributed by atoms with van der Waals surface area (Å²) >= 11 is 0. The van der Waals surface area contributed by atoms with Crippen molar-refractivity contribution < 1.29 is 9.53 Å². The number of hydrogen-bond donors (Lipinski definition) is 2. The largest absolute Gasteiger partial charge is 0.492 e. The molecule has 0 aliphatic rings. The number of carbonyl (C=O) groups is 1. The van der Waals surface area contributed by atoms with Crippen LogP contribution in [0.5, 0.6) is 5.75 Å². The van der Waals surface area contributed by atoms with Gasteiger partial charge in [-0.1, -0.05) is 26.0 Å². The van der Waals surface area contributed by atoms with E-state index < -0.39 is 5.91 Å². The summed E-state index contributed by atoms with van der Waals surface area (Å²) in [6.45, 7) is 6.92. The van der Waals surface area contributed by atoms with Crippen LogP contribution in [0.25, 0.3) is 11.1 Å². The van der Waals surface area contributed by atoms with Crippen molar-refractivity contribution in [3.63, 3.8) is 0 Å². The van der Waals surface area contributed by atoms with Gasteiger partial charge in [-0.3, -0.25) is 9.78 Å². The number of nitrogens with one attached hydrogen (secondary N) is 1. The number of nitrogens with two attached hydrogens (primary N) is 1. The Morgan fingerprint density at radius 3 is 2.58 bits per heavy atom. The third kappa shape index (κ3) is 5.66. The average Bonchev–Trinajstić information content (AvgIpc) is 2.58. The number of ether oxygens (including phenoxy) is 1. The highest BCUT2D eigenvalue weighted by molar-refractivity contribution is 5.93. The summed E-state index contributed by atoms with van der Waals surface area (Å²) in [4.78, 5) is 15.3. The van der Waals surface area contributed by atoms with Gasteiger partial charge in [0.05, 0.1) is 5.56 Å². The molecule has 0 bridgehead atoms. The number of nitrogens with zero attached hydrogens (tertiary/aromatic N) is 1. The van der Waals surface area contributed by atoms with Gasteiger partial charge >= 0.3 is 0 Å². The van der Waals surface area contributed by atoms with E-state index >= 15 is 0 Å². The maximum absolute atomic E-state index is 11.2. The smallest absolute Gasteiger partial charge is 0.250 e. The van der Waals surface area contributed by atoms with E-state index in [0.29, 0.717) is 18.1 Å². The fraction of sp³-hybridized carbons (Fsp3) is 0.368. The number of pyridine rings is 1. The summed E-state index contributed by atoms with van der Waals surface area (Å²) in [5.41, 5.74) is 7.51. The molecule has 0 unspecified atom stereocenters.